The number of hydrogen-bond acceptors (Lipinski definition) is 5. The minimum absolute atomic E-state index is 0.301. The summed E-state index contributed by atoms with van der Waals surface area (Å²) in [6, 6.07) is 13.4. The van der Waals surface area contributed by atoms with Gasteiger partial charge in [-0.3, -0.25) is 14.9 Å². The van der Waals surface area contributed by atoms with Crippen LogP contribution in [0.3, 0.4) is 0 Å². The van der Waals surface area contributed by atoms with Crippen LogP contribution in [0.5, 0.6) is 5.75 Å². The number of ether oxygens (including phenoxy) is 1. The summed E-state index contributed by atoms with van der Waals surface area (Å²) in [5.41, 5.74) is 3.50. The molecule has 168 valence electrons. The summed E-state index contributed by atoms with van der Waals surface area (Å²) in [7, 11) is 5.67. The lowest BCUT2D eigenvalue weighted by Crippen LogP contribution is -2.22. The molecule has 7 nitrogen and oxygen atoms in total. The van der Waals surface area contributed by atoms with Crippen molar-refractivity contribution in [2.45, 2.75) is 13.0 Å². The lowest BCUT2D eigenvalue weighted by atomic mass is 9.95. The molecule has 0 saturated carbocycles. The monoisotopic (exact) mass is 443 g/mol. The number of amides is 2. The SMILES string of the molecule is COc1cc(C2=C(c3cn(CCCN(C)C)c4ccccc34)C(=O)NC2=O)c2occc2c1. The van der Waals surface area contributed by atoms with Crippen molar-refractivity contribution in [1.82, 2.24) is 14.8 Å². The van der Waals surface area contributed by atoms with Crippen LogP contribution in [0.4, 0.5) is 0 Å². The molecule has 0 fully saturated rings. The Morgan fingerprint density at radius 3 is 2.55 bits per heavy atom. The first-order valence-electron chi connectivity index (χ1n) is 10.9. The molecule has 33 heavy (non-hydrogen) atoms. The van der Waals surface area contributed by atoms with Gasteiger partial charge in [0.05, 0.1) is 24.5 Å². The zero-order valence-electron chi connectivity index (χ0n) is 18.8. The standard InChI is InChI=1S/C26H25N3O4/c1-28(2)10-6-11-29-15-20(18-7-4-5-8-21(18)29)23-22(25(30)27-26(23)31)19-14-17(32-3)13-16-9-12-33-24(16)19/h4-5,7-9,12-15H,6,10-11H2,1-3H3,(H,27,30,31). The van der Waals surface area contributed by atoms with Gasteiger partial charge in [0.25, 0.3) is 11.8 Å². The molecule has 0 saturated heterocycles. The number of para-hydroxylation sites is 1. The van der Waals surface area contributed by atoms with Crippen LogP contribution in [0, 0.1) is 0 Å². The number of nitrogens with one attached hydrogen (secondary N) is 1. The Morgan fingerprint density at radius 1 is 1.03 bits per heavy atom. The highest BCUT2D eigenvalue weighted by molar-refractivity contribution is 6.50. The Labute approximate surface area is 191 Å². The summed E-state index contributed by atoms with van der Waals surface area (Å²) in [6.45, 7) is 1.76. The second kappa shape index (κ2) is 8.26. The second-order valence-corrected chi connectivity index (χ2v) is 8.46. The minimum atomic E-state index is -0.439. The molecule has 0 atom stereocenters. The lowest BCUT2D eigenvalue weighted by Gasteiger charge is -2.10. The summed E-state index contributed by atoms with van der Waals surface area (Å²) in [4.78, 5) is 28.3. The van der Waals surface area contributed by atoms with Crippen molar-refractivity contribution in [1.29, 1.82) is 0 Å². The van der Waals surface area contributed by atoms with E-state index in [1.165, 1.54) is 0 Å². The fourth-order valence-electron chi connectivity index (χ4n) is 4.52. The molecule has 0 unspecified atom stereocenters. The Balaban J connectivity index is 1.73. The molecule has 2 aromatic carbocycles. The highest BCUT2D eigenvalue weighted by Gasteiger charge is 2.35. The maximum Gasteiger partial charge on any atom is 0.259 e. The first-order chi connectivity index (χ1) is 16.0. The smallest absolute Gasteiger partial charge is 0.259 e. The number of aryl methyl sites for hydroxylation is 1. The predicted molar refractivity (Wildman–Crippen MR) is 128 cm³/mol. The molecular formula is C26H25N3O4. The van der Waals surface area contributed by atoms with Crippen molar-refractivity contribution in [3.8, 4) is 5.75 Å². The third-order valence-corrected chi connectivity index (χ3v) is 6.02. The molecule has 4 aromatic rings. The van der Waals surface area contributed by atoms with Crippen LogP contribution in [0.25, 0.3) is 33.0 Å². The number of carbonyl (C=O) groups excluding carboxylic acids is 2. The maximum atomic E-state index is 13.1. The highest BCUT2D eigenvalue weighted by Crippen LogP contribution is 2.40. The quantitative estimate of drug-likeness (QED) is 0.438. The normalized spacial score (nSPS) is 14.2. The summed E-state index contributed by atoms with van der Waals surface area (Å²) in [5, 5.41) is 4.22. The van der Waals surface area contributed by atoms with Gasteiger partial charge in [0, 0.05) is 40.2 Å². The van der Waals surface area contributed by atoms with Crippen LogP contribution in [-0.4, -0.2) is 49.0 Å². The van der Waals surface area contributed by atoms with Crippen molar-refractivity contribution in [3.05, 3.63) is 66.1 Å². The molecule has 0 spiro atoms. The van der Waals surface area contributed by atoms with E-state index in [-0.39, 0.29) is 0 Å². The molecule has 2 amide bonds. The fourth-order valence-corrected chi connectivity index (χ4v) is 4.52. The first kappa shape index (κ1) is 21.0. The van der Waals surface area contributed by atoms with E-state index in [1.54, 1.807) is 19.4 Å². The Bertz CT molecular complexity index is 1420. The molecule has 3 heterocycles. The topological polar surface area (TPSA) is 76.7 Å². The van der Waals surface area contributed by atoms with E-state index < -0.39 is 11.8 Å². The van der Waals surface area contributed by atoms with Crippen molar-refractivity contribution in [2.75, 3.05) is 27.7 Å². The number of fused-ring (bicyclic) bond motifs is 2. The van der Waals surface area contributed by atoms with Gasteiger partial charge in [-0.05, 0) is 51.3 Å². The van der Waals surface area contributed by atoms with Gasteiger partial charge in [-0.15, -0.1) is 0 Å². The van der Waals surface area contributed by atoms with Gasteiger partial charge < -0.3 is 18.6 Å². The van der Waals surface area contributed by atoms with Gasteiger partial charge >= 0.3 is 0 Å². The average Bonchev–Trinajstić information content (AvgIpc) is 3.48. The number of rotatable bonds is 7. The van der Waals surface area contributed by atoms with E-state index in [1.807, 2.05) is 56.7 Å². The number of methoxy groups -OCH3 is 1. The van der Waals surface area contributed by atoms with Crippen molar-refractivity contribution in [3.63, 3.8) is 0 Å². The first-order valence-corrected chi connectivity index (χ1v) is 10.9. The number of carbonyl (C=O) groups is 2. The number of aromatic nitrogens is 1. The zero-order chi connectivity index (χ0) is 23.1. The number of furan rings is 1. The molecule has 0 radical (unpaired) electrons. The summed E-state index contributed by atoms with van der Waals surface area (Å²) < 4.78 is 13.3. The van der Waals surface area contributed by atoms with E-state index in [0.717, 1.165) is 41.4 Å². The lowest BCUT2D eigenvalue weighted by molar-refractivity contribution is -0.122. The van der Waals surface area contributed by atoms with Gasteiger partial charge in [-0.2, -0.15) is 0 Å². The molecule has 0 bridgehead atoms. The fraction of sp³-hybridized carbons (Fsp3) is 0.231. The van der Waals surface area contributed by atoms with Gasteiger partial charge in [0.15, 0.2) is 0 Å². The van der Waals surface area contributed by atoms with Gasteiger partial charge in [-0.1, -0.05) is 18.2 Å². The van der Waals surface area contributed by atoms with E-state index >= 15 is 0 Å². The largest absolute Gasteiger partial charge is 0.497 e. The average molecular weight is 444 g/mol. The molecule has 2 aromatic heterocycles. The molecular weight excluding hydrogens is 418 g/mol. The van der Waals surface area contributed by atoms with Crippen molar-refractivity contribution >= 4 is 44.8 Å². The van der Waals surface area contributed by atoms with Crippen molar-refractivity contribution in [2.24, 2.45) is 0 Å². The third-order valence-electron chi connectivity index (χ3n) is 6.02. The molecule has 5 rings (SSSR count). The molecule has 1 aliphatic rings. The number of hydrogen-bond donors (Lipinski definition) is 1. The maximum absolute atomic E-state index is 13.1. The summed E-state index contributed by atoms with van der Waals surface area (Å²) in [5.74, 6) is -0.261. The van der Waals surface area contributed by atoms with Crippen LogP contribution in [0.2, 0.25) is 0 Å². The van der Waals surface area contributed by atoms with Crippen LogP contribution in [0.1, 0.15) is 17.5 Å². The van der Waals surface area contributed by atoms with Gasteiger partial charge in [-0.25, -0.2) is 0 Å². The van der Waals surface area contributed by atoms with Crippen LogP contribution in [0.15, 0.2) is 59.3 Å². The van der Waals surface area contributed by atoms with E-state index in [2.05, 4.69) is 14.8 Å². The second-order valence-electron chi connectivity index (χ2n) is 8.46. The molecule has 7 heteroatoms. The molecule has 1 aliphatic heterocycles. The van der Waals surface area contributed by atoms with Crippen molar-refractivity contribution < 1.29 is 18.7 Å². The molecule has 0 aliphatic carbocycles. The molecule has 1 N–H and O–H groups in total. The summed E-state index contributed by atoms with van der Waals surface area (Å²) in [6.07, 6.45) is 4.51. The van der Waals surface area contributed by atoms with E-state index in [0.29, 0.717) is 28.0 Å². The number of imide groups is 1. The van der Waals surface area contributed by atoms with Crippen LogP contribution in [-0.2, 0) is 16.1 Å². The highest BCUT2D eigenvalue weighted by atomic mass is 16.5. The Morgan fingerprint density at radius 2 is 1.79 bits per heavy atom. The van der Waals surface area contributed by atoms with E-state index in [9.17, 15) is 9.59 Å². The zero-order valence-corrected chi connectivity index (χ0v) is 18.8. The summed E-state index contributed by atoms with van der Waals surface area (Å²) >= 11 is 0. The van der Waals surface area contributed by atoms with Gasteiger partial charge in [0.1, 0.15) is 11.3 Å². The predicted octanol–water partition coefficient (Wildman–Crippen LogP) is 3.92. The van der Waals surface area contributed by atoms with Crippen LogP contribution < -0.4 is 10.1 Å². The Kier molecular flexibility index (Phi) is 5.26. The Hall–Kier alpha value is -3.84. The van der Waals surface area contributed by atoms with E-state index in [4.69, 9.17) is 9.15 Å². The van der Waals surface area contributed by atoms with Crippen LogP contribution >= 0.6 is 0 Å². The minimum Gasteiger partial charge on any atom is -0.497 e. The number of benzene rings is 2. The van der Waals surface area contributed by atoms with Gasteiger partial charge in [0.2, 0.25) is 0 Å². The number of nitrogens with zero attached hydrogens (tertiary/aromatic N) is 2. The third kappa shape index (κ3) is 3.60.